The molecule has 0 aromatic heterocycles. The summed E-state index contributed by atoms with van der Waals surface area (Å²) < 4.78 is 40.2. The second-order valence-electron chi connectivity index (χ2n) is 8.00. The molecule has 0 spiro atoms. The van der Waals surface area contributed by atoms with E-state index in [9.17, 15) is 17.6 Å². The second-order valence-corrected chi connectivity index (χ2v) is 9.94. The smallest absolute Gasteiger partial charge is 0.317 e. The molecule has 0 atom stereocenters. The van der Waals surface area contributed by atoms with Crippen LogP contribution in [-0.2, 0) is 15.4 Å². The van der Waals surface area contributed by atoms with Crippen molar-refractivity contribution in [3.05, 3.63) is 66.0 Å². The van der Waals surface area contributed by atoms with Gasteiger partial charge in [0.25, 0.3) is 0 Å². The first kappa shape index (κ1) is 20.8. The van der Waals surface area contributed by atoms with Gasteiger partial charge in [0.15, 0.2) is 0 Å². The number of carbonyl (C=O) groups is 1. The molecule has 2 fully saturated rings. The van der Waals surface area contributed by atoms with Crippen LogP contribution in [0.5, 0.6) is 0 Å². The van der Waals surface area contributed by atoms with Crippen LogP contribution >= 0.6 is 0 Å². The zero-order chi connectivity index (χ0) is 21.2. The number of hydrogen-bond donors (Lipinski definition) is 1. The lowest BCUT2D eigenvalue weighted by molar-refractivity contribution is 0.199. The molecule has 4 rings (SSSR count). The number of urea groups is 1. The molecule has 2 aromatic rings. The zero-order valence-electron chi connectivity index (χ0n) is 16.8. The van der Waals surface area contributed by atoms with Gasteiger partial charge in [0, 0.05) is 38.1 Å². The van der Waals surface area contributed by atoms with Crippen molar-refractivity contribution in [2.24, 2.45) is 0 Å². The molecule has 8 heteroatoms. The molecule has 0 bridgehead atoms. The largest absolute Gasteiger partial charge is 0.337 e. The van der Waals surface area contributed by atoms with Gasteiger partial charge in [-0.05, 0) is 49.1 Å². The fourth-order valence-electron chi connectivity index (χ4n) is 3.96. The summed E-state index contributed by atoms with van der Waals surface area (Å²) in [4.78, 5) is 14.5. The highest BCUT2D eigenvalue weighted by molar-refractivity contribution is 7.89. The van der Waals surface area contributed by atoms with Gasteiger partial charge in [0.2, 0.25) is 10.0 Å². The number of sulfonamides is 1. The minimum Gasteiger partial charge on any atom is -0.337 e. The monoisotopic (exact) mass is 431 g/mol. The van der Waals surface area contributed by atoms with E-state index in [4.69, 9.17) is 0 Å². The van der Waals surface area contributed by atoms with Crippen LogP contribution in [-0.4, -0.2) is 56.4 Å². The molecule has 2 amide bonds. The Kier molecular flexibility index (Phi) is 5.79. The molecule has 0 radical (unpaired) electrons. The molecule has 2 aromatic carbocycles. The van der Waals surface area contributed by atoms with Gasteiger partial charge in [-0.3, -0.25) is 0 Å². The summed E-state index contributed by atoms with van der Waals surface area (Å²) in [5.41, 5.74) is 1.28. The summed E-state index contributed by atoms with van der Waals surface area (Å²) in [6.45, 7) is 1.96. The molecule has 1 saturated heterocycles. The maximum absolute atomic E-state index is 13.1. The Labute approximate surface area is 176 Å². The molecule has 1 heterocycles. The van der Waals surface area contributed by atoms with Crippen LogP contribution in [0, 0.1) is 5.82 Å². The standard InChI is InChI=1S/C22H26FN3O3S/c23-19-7-9-20(10-8-19)30(28,29)26-14-4-13-25(15-16-26)21(27)24-17-22(11-12-22)18-5-2-1-3-6-18/h1-3,5-10H,4,11-17H2,(H,24,27). The topological polar surface area (TPSA) is 69.7 Å². The Hall–Kier alpha value is -2.45. The number of hydrogen-bond acceptors (Lipinski definition) is 3. The molecule has 1 saturated carbocycles. The molecular formula is C22H26FN3O3S. The Morgan fingerprint density at radius 1 is 0.967 bits per heavy atom. The summed E-state index contributed by atoms with van der Waals surface area (Å²) in [6, 6.07) is 14.9. The van der Waals surface area contributed by atoms with E-state index in [1.807, 2.05) is 18.2 Å². The maximum Gasteiger partial charge on any atom is 0.317 e. The lowest BCUT2D eigenvalue weighted by Crippen LogP contribution is -2.44. The quantitative estimate of drug-likeness (QED) is 0.791. The Balaban J connectivity index is 1.35. The summed E-state index contributed by atoms with van der Waals surface area (Å²) in [5, 5.41) is 3.05. The van der Waals surface area contributed by atoms with Crippen LogP contribution in [0.25, 0.3) is 0 Å². The zero-order valence-corrected chi connectivity index (χ0v) is 17.6. The van der Waals surface area contributed by atoms with Gasteiger partial charge in [0.1, 0.15) is 5.82 Å². The summed E-state index contributed by atoms with van der Waals surface area (Å²) in [5.74, 6) is -0.475. The van der Waals surface area contributed by atoms with E-state index >= 15 is 0 Å². The molecule has 1 aliphatic carbocycles. The fourth-order valence-corrected chi connectivity index (χ4v) is 5.43. The molecule has 160 valence electrons. The normalized spacial score (nSPS) is 19.2. The van der Waals surface area contributed by atoms with Gasteiger partial charge < -0.3 is 10.2 Å². The Morgan fingerprint density at radius 2 is 1.67 bits per heavy atom. The number of halogens is 1. The number of nitrogens with zero attached hydrogens (tertiary/aromatic N) is 2. The number of rotatable bonds is 5. The fraction of sp³-hybridized carbons (Fsp3) is 0.409. The van der Waals surface area contributed by atoms with Crippen molar-refractivity contribution in [3.63, 3.8) is 0 Å². The van der Waals surface area contributed by atoms with E-state index in [1.54, 1.807) is 4.90 Å². The Morgan fingerprint density at radius 3 is 2.33 bits per heavy atom. The van der Waals surface area contributed by atoms with Crippen LogP contribution in [0.2, 0.25) is 0 Å². The van der Waals surface area contributed by atoms with Crippen molar-refractivity contribution in [3.8, 4) is 0 Å². The van der Waals surface area contributed by atoms with Crippen LogP contribution in [0.1, 0.15) is 24.8 Å². The average molecular weight is 432 g/mol. The number of carbonyl (C=O) groups excluding carboxylic acids is 1. The summed E-state index contributed by atoms with van der Waals surface area (Å²) in [6.07, 6.45) is 2.67. The molecule has 0 unspecified atom stereocenters. The van der Waals surface area contributed by atoms with Crippen molar-refractivity contribution in [2.75, 3.05) is 32.7 Å². The molecule has 6 nitrogen and oxygen atoms in total. The maximum atomic E-state index is 13.1. The highest BCUT2D eigenvalue weighted by Gasteiger charge is 2.44. The Bertz CT molecular complexity index is 992. The highest BCUT2D eigenvalue weighted by Crippen LogP contribution is 2.47. The van der Waals surface area contributed by atoms with E-state index < -0.39 is 15.8 Å². The van der Waals surface area contributed by atoms with E-state index in [0.29, 0.717) is 32.6 Å². The third-order valence-corrected chi connectivity index (χ3v) is 7.92. The van der Waals surface area contributed by atoms with Crippen LogP contribution in [0.3, 0.4) is 0 Å². The van der Waals surface area contributed by atoms with Crippen molar-refractivity contribution in [1.82, 2.24) is 14.5 Å². The first-order valence-electron chi connectivity index (χ1n) is 10.2. The lowest BCUT2D eigenvalue weighted by Gasteiger charge is -2.24. The van der Waals surface area contributed by atoms with Gasteiger partial charge in [-0.1, -0.05) is 30.3 Å². The predicted octanol–water partition coefficient (Wildman–Crippen LogP) is 2.96. The first-order chi connectivity index (χ1) is 14.4. The third kappa shape index (κ3) is 4.34. The number of benzene rings is 2. The molecule has 1 aliphatic heterocycles. The summed E-state index contributed by atoms with van der Waals surface area (Å²) >= 11 is 0. The average Bonchev–Trinajstić information content (AvgIpc) is 3.57. The minimum absolute atomic E-state index is 0.0285. The number of nitrogens with one attached hydrogen (secondary N) is 1. The van der Waals surface area contributed by atoms with Crippen molar-refractivity contribution >= 4 is 16.1 Å². The molecule has 30 heavy (non-hydrogen) atoms. The first-order valence-corrected chi connectivity index (χ1v) is 11.7. The minimum atomic E-state index is -3.70. The van der Waals surface area contributed by atoms with Crippen molar-refractivity contribution in [2.45, 2.75) is 29.6 Å². The molecule has 1 N–H and O–H groups in total. The van der Waals surface area contributed by atoms with Crippen LogP contribution in [0.4, 0.5) is 9.18 Å². The van der Waals surface area contributed by atoms with Crippen molar-refractivity contribution in [1.29, 1.82) is 0 Å². The highest BCUT2D eigenvalue weighted by atomic mass is 32.2. The van der Waals surface area contributed by atoms with Gasteiger partial charge in [-0.15, -0.1) is 0 Å². The van der Waals surface area contributed by atoms with Crippen molar-refractivity contribution < 1.29 is 17.6 Å². The second kappa shape index (κ2) is 8.35. The predicted molar refractivity (Wildman–Crippen MR) is 112 cm³/mol. The SMILES string of the molecule is O=C(NCC1(c2ccccc2)CC1)N1CCCN(S(=O)(=O)c2ccc(F)cc2)CC1. The van der Waals surface area contributed by atoms with E-state index in [-0.39, 0.29) is 22.9 Å². The van der Waals surface area contributed by atoms with Gasteiger partial charge in [-0.25, -0.2) is 17.6 Å². The summed E-state index contributed by atoms with van der Waals surface area (Å²) in [7, 11) is -3.70. The van der Waals surface area contributed by atoms with Gasteiger partial charge >= 0.3 is 6.03 Å². The number of amides is 2. The van der Waals surface area contributed by atoms with Gasteiger partial charge in [-0.2, -0.15) is 4.31 Å². The van der Waals surface area contributed by atoms with Crippen LogP contribution < -0.4 is 5.32 Å². The van der Waals surface area contributed by atoms with E-state index in [0.717, 1.165) is 25.0 Å². The van der Waals surface area contributed by atoms with E-state index in [1.165, 1.54) is 22.0 Å². The molecular weight excluding hydrogens is 405 g/mol. The van der Waals surface area contributed by atoms with Crippen LogP contribution in [0.15, 0.2) is 59.5 Å². The third-order valence-electron chi connectivity index (χ3n) is 6.01. The molecule has 2 aliphatic rings. The van der Waals surface area contributed by atoms with E-state index in [2.05, 4.69) is 17.4 Å². The van der Waals surface area contributed by atoms with Gasteiger partial charge in [0.05, 0.1) is 4.90 Å². The lowest BCUT2D eigenvalue weighted by atomic mass is 9.96.